The van der Waals surface area contributed by atoms with Crippen LogP contribution in [0.2, 0.25) is 0 Å². The standard InChI is InChI=1S/C19H25NO4S/c1-12-7-9-13(10-8-12)25(22)16-14(17(21)19(2,3)4)11-15(23-5)20-18(16)24-6/h7-11,17,21H,1-6H3/t17-,25?/m0/s1. The van der Waals surface area contributed by atoms with E-state index in [1.54, 1.807) is 6.07 Å². The SMILES string of the molecule is COc1cc([C@H](O)C(C)(C)C)c(S(=O)c2ccc(C)cc2)c(OC)n1. The summed E-state index contributed by atoms with van der Waals surface area (Å²) in [5.41, 5.74) is 1.12. The number of benzene rings is 1. The zero-order valence-corrected chi connectivity index (χ0v) is 16.3. The molecule has 6 heteroatoms. The summed E-state index contributed by atoms with van der Waals surface area (Å²) in [6, 6.07) is 9.04. The molecule has 1 heterocycles. The zero-order chi connectivity index (χ0) is 18.8. The molecule has 0 saturated carbocycles. The lowest BCUT2D eigenvalue weighted by Gasteiger charge is -2.28. The van der Waals surface area contributed by atoms with Crippen molar-refractivity contribution in [2.24, 2.45) is 5.41 Å². The highest BCUT2D eigenvalue weighted by molar-refractivity contribution is 7.85. The van der Waals surface area contributed by atoms with Crippen molar-refractivity contribution in [2.75, 3.05) is 14.2 Å². The van der Waals surface area contributed by atoms with Gasteiger partial charge in [-0.15, -0.1) is 0 Å². The number of aliphatic hydroxyl groups is 1. The van der Waals surface area contributed by atoms with Gasteiger partial charge in [0.2, 0.25) is 11.8 Å². The van der Waals surface area contributed by atoms with Crippen LogP contribution < -0.4 is 9.47 Å². The molecule has 0 fully saturated rings. The fourth-order valence-electron chi connectivity index (χ4n) is 2.38. The maximum Gasteiger partial charge on any atom is 0.233 e. The number of hydrogen-bond donors (Lipinski definition) is 1. The van der Waals surface area contributed by atoms with Gasteiger partial charge >= 0.3 is 0 Å². The molecule has 0 radical (unpaired) electrons. The van der Waals surface area contributed by atoms with E-state index < -0.39 is 22.3 Å². The van der Waals surface area contributed by atoms with Crippen LogP contribution in [-0.2, 0) is 10.8 Å². The minimum absolute atomic E-state index is 0.191. The lowest BCUT2D eigenvalue weighted by atomic mass is 9.85. The van der Waals surface area contributed by atoms with Crippen molar-refractivity contribution >= 4 is 10.8 Å². The van der Waals surface area contributed by atoms with E-state index in [2.05, 4.69) is 4.98 Å². The Morgan fingerprint density at radius 2 is 1.72 bits per heavy atom. The summed E-state index contributed by atoms with van der Waals surface area (Å²) in [5, 5.41) is 10.8. The first-order valence-electron chi connectivity index (χ1n) is 7.98. The molecule has 0 aliphatic heterocycles. The Morgan fingerprint density at radius 3 is 2.20 bits per heavy atom. The van der Waals surface area contributed by atoms with E-state index in [4.69, 9.17) is 9.47 Å². The molecule has 1 N–H and O–H groups in total. The molecule has 0 amide bonds. The number of methoxy groups -OCH3 is 2. The summed E-state index contributed by atoms with van der Waals surface area (Å²) in [5.74, 6) is 0.497. The first-order chi connectivity index (χ1) is 11.7. The van der Waals surface area contributed by atoms with Crippen LogP contribution in [0.1, 0.15) is 38.0 Å². The maximum atomic E-state index is 13.2. The fraction of sp³-hybridized carbons (Fsp3) is 0.421. The van der Waals surface area contributed by atoms with Gasteiger partial charge in [0.05, 0.1) is 31.1 Å². The minimum atomic E-state index is -1.55. The summed E-state index contributed by atoms with van der Waals surface area (Å²) in [6.07, 6.45) is -0.859. The largest absolute Gasteiger partial charge is 0.481 e. The van der Waals surface area contributed by atoms with Crippen LogP contribution in [0.5, 0.6) is 11.8 Å². The van der Waals surface area contributed by atoms with Gasteiger partial charge in [-0.2, -0.15) is 4.98 Å². The predicted octanol–water partition coefficient (Wildman–Crippen LogP) is 3.65. The molecule has 0 bridgehead atoms. The molecule has 25 heavy (non-hydrogen) atoms. The number of aliphatic hydroxyl groups excluding tert-OH is 1. The Kier molecular flexibility index (Phi) is 5.85. The van der Waals surface area contributed by atoms with Gasteiger partial charge in [-0.25, -0.2) is 4.21 Å². The summed E-state index contributed by atoms with van der Waals surface area (Å²) >= 11 is 0. The third kappa shape index (κ3) is 4.19. The first kappa shape index (κ1) is 19.4. The fourth-order valence-corrected chi connectivity index (χ4v) is 3.67. The van der Waals surface area contributed by atoms with Gasteiger partial charge < -0.3 is 14.6 Å². The van der Waals surface area contributed by atoms with Crippen LogP contribution in [0.4, 0.5) is 0 Å². The number of nitrogens with zero attached hydrogens (tertiary/aromatic N) is 1. The van der Waals surface area contributed by atoms with Crippen molar-refractivity contribution in [1.29, 1.82) is 0 Å². The monoisotopic (exact) mass is 363 g/mol. The second-order valence-electron chi connectivity index (χ2n) is 6.94. The number of ether oxygens (including phenoxy) is 2. The van der Waals surface area contributed by atoms with E-state index in [9.17, 15) is 9.32 Å². The molecule has 0 spiro atoms. The lowest BCUT2D eigenvalue weighted by Crippen LogP contribution is -2.20. The van der Waals surface area contributed by atoms with E-state index >= 15 is 0 Å². The van der Waals surface area contributed by atoms with Crippen LogP contribution in [0.3, 0.4) is 0 Å². The lowest BCUT2D eigenvalue weighted by molar-refractivity contribution is 0.0595. The predicted molar refractivity (Wildman–Crippen MR) is 97.6 cm³/mol. The third-order valence-electron chi connectivity index (χ3n) is 3.88. The molecule has 0 aliphatic carbocycles. The average Bonchev–Trinajstić information content (AvgIpc) is 2.59. The number of aromatic nitrogens is 1. The molecule has 2 rings (SSSR count). The summed E-state index contributed by atoms with van der Waals surface area (Å²) < 4.78 is 23.8. The van der Waals surface area contributed by atoms with Gasteiger partial charge in [-0.05, 0) is 24.5 Å². The number of hydrogen-bond acceptors (Lipinski definition) is 5. The normalized spacial score (nSPS) is 14.0. The molecule has 1 aromatic carbocycles. The smallest absolute Gasteiger partial charge is 0.233 e. The molecule has 2 atom stereocenters. The number of aryl methyl sites for hydroxylation is 1. The minimum Gasteiger partial charge on any atom is -0.481 e. The molecular formula is C19H25NO4S. The molecule has 0 aliphatic rings. The Morgan fingerprint density at radius 1 is 1.12 bits per heavy atom. The molecule has 1 unspecified atom stereocenters. The highest BCUT2D eigenvalue weighted by Gasteiger charge is 2.31. The topological polar surface area (TPSA) is 68.7 Å². The van der Waals surface area contributed by atoms with E-state index in [0.29, 0.717) is 21.2 Å². The molecular weight excluding hydrogens is 338 g/mol. The average molecular weight is 363 g/mol. The third-order valence-corrected chi connectivity index (χ3v) is 5.37. The molecule has 0 saturated heterocycles. The van der Waals surface area contributed by atoms with Crippen LogP contribution in [-0.4, -0.2) is 28.5 Å². The Bertz CT molecular complexity index is 766. The van der Waals surface area contributed by atoms with Crippen molar-refractivity contribution in [2.45, 2.75) is 43.6 Å². The summed E-state index contributed by atoms with van der Waals surface area (Å²) in [4.78, 5) is 5.24. The first-order valence-corrected chi connectivity index (χ1v) is 9.13. The highest BCUT2D eigenvalue weighted by Crippen LogP contribution is 2.41. The zero-order valence-electron chi connectivity index (χ0n) is 15.5. The van der Waals surface area contributed by atoms with Gasteiger partial charge in [-0.1, -0.05) is 38.5 Å². The van der Waals surface area contributed by atoms with Crippen molar-refractivity contribution in [1.82, 2.24) is 4.98 Å². The molecule has 5 nitrogen and oxygen atoms in total. The number of pyridine rings is 1. The van der Waals surface area contributed by atoms with Crippen LogP contribution in [0.15, 0.2) is 40.1 Å². The van der Waals surface area contributed by atoms with Crippen molar-refractivity contribution in [3.8, 4) is 11.8 Å². The summed E-state index contributed by atoms with van der Waals surface area (Å²) in [7, 11) is 1.41. The Hall–Kier alpha value is -1.92. The quantitative estimate of drug-likeness (QED) is 0.878. The van der Waals surface area contributed by atoms with E-state index in [1.807, 2.05) is 52.0 Å². The molecule has 2 aromatic rings. The highest BCUT2D eigenvalue weighted by atomic mass is 32.2. The Labute approximate surface area is 151 Å². The van der Waals surface area contributed by atoms with E-state index in [-0.39, 0.29) is 5.88 Å². The van der Waals surface area contributed by atoms with E-state index in [1.165, 1.54) is 14.2 Å². The van der Waals surface area contributed by atoms with Gasteiger partial charge in [-0.3, -0.25) is 0 Å². The van der Waals surface area contributed by atoms with Crippen LogP contribution in [0.25, 0.3) is 0 Å². The Balaban J connectivity index is 2.69. The van der Waals surface area contributed by atoms with Crippen LogP contribution >= 0.6 is 0 Å². The second-order valence-corrected chi connectivity index (χ2v) is 8.36. The van der Waals surface area contributed by atoms with Gasteiger partial charge in [0.15, 0.2) is 0 Å². The summed E-state index contributed by atoms with van der Waals surface area (Å²) in [6.45, 7) is 7.71. The van der Waals surface area contributed by atoms with Gasteiger partial charge in [0, 0.05) is 16.5 Å². The van der Waals surface area contributed by atoms with Crippen molar-refractivity contribution < 1.29 is 18.8 Å². The van der Waals surface area contributed by atoms with Crippen molar-refractivity contribution in [3.05, 3.63) is 41.5 Å². The molecule has 136 valence electrons. The molecule has 1 aromatic heterocycles. The number of rotatable bonds is 5. The van der Waals surface area contributed by atoms with Gasteiger partial charge in [0.1, 0.15) is 4.90 Å². The van der Waals surface area contributed by atoms with Gasteiger partial charge in [0.25, 0.3) is 0 Å². The van der Waals surface area contributed by atoms with E-state index in [0.717, 1.165) is 5.56 Å². The van der Waals surface area contributed by atoms with Crippen LogP contribution in [0, 0.1) is 12.3 Å². The maximum absolute atomic E-state index is 13.2. The second kappa shape index (κ2) is 7.54. The van der Waals surface area contributed by atoms with Crippen molar-refractivity contribution in [3.63, 3.8) is 0 Å².